The summed E-state index contributed by atoms with van der Waals surface area (Å²) in [4.78, 5) is 26.2. The largest absolute Gasteiger partial charge is 0.329 e. The van der Waals surface area contributed by atoms with Gasteiger partial charge >= 0.3 is 6.03 Å². The molecule has 7 heteroatoms. The molecule has 0 radical (unpaired) electrons. The van der Waals surface area contributed by atoms with Gasteiger partial charge in [-0.3, -0.25) is 9.69 Å². The molecule has 2 rings (SSSR count). The molecule has 1 saturated heterocycles. The van der Waals surface area contributed by atoms with Gasteiger partial charge in [0.15, 0.2) is 0 Å². The number of nitrogens with zero attached hydrogens (tertiary/aromatic N) is 2. The summed E-state index contributed by atoms with van der Waals surface area (Å²) in [6, 6.07) is 0.106. The molecule has 1 aliphatic heterocycles. The van der Waals surface area contributed by atoms with Crippen molar-refractivity contribution < 1.29 is 9.59 Å². The van der Waals surface area contributed by atoms with Crippen molar-refractivity contribution in [2.75, 3.05) is 33.2 Å². The van der Waals surface area contributed by atoms with Crippen LogP contribution in [0.15, 0.2) is 0 Å². The molecule has 0 aromatic heterocycles. The number of carbonyl (C=O) groups excluding carboxylic acids is 2. The molecule has 1 atom stereocenters. The predicted molar refractivity (Wildman–Crippen MR) is 70.6 cm³/mol. The van der Waals surface area contributed by atoms with Crippen molar-refractivity contribution in [2.24, 2.45) is 11.7 Å². The topological polar surface area (TPSA) is 78.7 Å². The Labute approximate surface area is 113 Å². The van der Waals surface area contributed by atoms with E-state index in [4.69, 9.17) is 5.73 Å². The number of rotatable bonds is 6. The van der Waals surface area contributed by atoms with Gasteiger partial charge in [-0.25, -0.2) is 4.79 Å². The minimum Gasteiger partial charge on any atom is -0.329 e. The van der Waals surface area contributed by atoms with Gasteiger partial charge in [0, 0.05) is 25.7 Å². The third-order valence-electron chi connectivity index (χ3n) is 3.59. The van der Waals surface area contributed by atoms with Gasteiger partial charge in [-0.15, -0.1) is 12.4 Å². The number of nitrogens with one attached hydrogen (secondary N) is 1. The van der Waals surface area contributed by atoms with Gasteiger partial charge < -0.3 is 16.0 Å². The first-order valence-corrected chi connectivity index (χ1v) is 6.12. The van der Waals surface area contributed by atoms with Gasteiger partial charge in [0.1, 0.15) is 0 Å². The Morgan fingerprint density at radius 3 is 2.61 bits per heavy atom. The number of likely N-dealkylation sites (N-methyl/N-ethyl adjacent to an activating group) is 1. The van der Waals surface area contributed by atoms with Gasteiger partial charge in [0.2, 0.25) is 5.91 Å². The molecule has 1 unspecified atom stereocenters. The Morgan fingerprint density at radius 2 is 2.17 bits per heavy atom. The first kappa shape index (κ1) is 15.2. The van der Waals surface area contributed by atoms with Crippen LogP contribution in [0.3, 0.4) is 0 Å². The number of nitrogens with two attached hydrogens (primary N) is 1. The van der Waals surface area contributed by atoms with Crippen LogP contribution in [-0.4, -0.2) is 61.0 Å². The minimum absolute atomic E-state index is 0. The Kier molecular flexibility index (Phi) is 5.37. The summed E-state index contributed by atoms with van der Waals surface area (Å²) < 4.78 is 0. The predicted octanol–water partition coefficient (Wildman–Crippen LogP) is -0.371. The molecule has 104 valence electrons. The van der Waals surface area contributed by atoms with Crippen LogP contribution in [0.25, 0.3) is 0 Å². The molecule has 18 heavy (non-hydrogen) atoms. The molecular weight excluding hydrogens is 256 g/mol. The molecule has 2 aliphatic rings. The van der Waals surface area contributed by atoms with Gasteiger partial charge in [0.05, 0.1) is 6.54 Å². The van der Waals surface area contributed by atoms with Crippen LogP contribution in [0.2, 0.25) is 0 Å². The summed E-state index contributed by atoms with van der Waals surface area (Å²) in [6.07, 6.45) is 2.49. The fraction of sp³-hybridized carbons (Fsp3) is 0.818. The molecule has 1 saturated carbocycles. The second-order valence-electron chi connectivity index (χ2n) is 4.83. The third kappa shape index (κ3) is 3.34. The molecule has 2 fully saturated rings. The Bertz CT molecular complexity index is 306. The van der Waals surface area contributed by atoms with E-state index in [1.165, 1.54) is 17.7 Å². The minimum atomic E-state index is -0.279. The monoisotopic (exact) mass is 276 g/mol. The van der Waals surface area contributed by atoms with Crippen molar-refractivity contribution in [3.05, 3.63) is 0 Å². The fourth-order valence-corrected chi connectivity index (χ4v) is 2.32. The lowest BCUT2D eigenvalue weighted by molar-refractivity contribution is -0.125. The van der Waals surface area contributed by atoms with Crippen LogP contribution < -0.4 is 11.1 Å². The first-order valence-electron chi connectivity index (χ1n) is 6.12. The highest BCUT2D eigenvalue weighted by molar-refractivity contribution is 6.01. The molecule has 0 spiro atoms. The smallest absolute Gasteiger partial charge is 0.324 e. The molecule has 0 aromatic rings. The Hall–Kier alpha value is -0.850. The zero-order valence-corrected chi connectivity index (χ0v) is 11.4. The highest BCUT2D eigenvalue weighted by Crippen LogP contribution is 2.34. The number of halogens is 1. The summed E-state index contributed by atoms with van der Waals surface area (Å²) in [7, 11) is 2.01. The number of imide groups is 1. The van der Waals surface area contributed by atoms with E-state index in [2.05, 4.69) is 10.2 Å². The Balaban J connectivity index is 0.00000162. The van der Waals surface area contributed by atoms with Gasteiger partial charge in [-0.05, 0) is 25.8 Å². The van der Waals surface area contributed by atoms with E-state index in [-0.39, 0.29) is 30.9 Å². The molecular formula is C11H21ClN4O2. The normalized spacial score (nSPS) is 20.9. The Morgan fingerprint density at radius 1 is 1.50 bits per heavy atom. The highest BCUT2D eigenvalue weighted by Gasteiger charge is 2.34. The summed E-state index contributed by atoms with van der Waals surface area (Å²) in [5.74, 6) is 0.562. The average molecular weight is 277 g/mol. The molecule has 1 heterocycles. The second kappa shape index (κ2) is 6.36. The van der Waals surface area contributed by atoms with E-state index < -0.39 is 0 Å². The zero-order chi connectivity index (χ0) is 12.4. The lowest BCUT2D eigenvalue weighted by Gasteiger charge is -2.28. The van der Waals surface area contributed by atoms with Crippen LogP contribution in [-0.2, 0) is 4.79 Å². The van der Waals surface area contributed by atoms with E-state index >= 15 is 0 Å². The average Bonchev–Trinajstić information content (AvgIpc) is 3.07. The molecule has 0 aromatic carbocycles. The maximum absolute atomic E-state index is 11.4. The molecule has 3 N–H and O–H groups in total. The molecule has 1 aliphatic carbocycles. The summed E-state index contributed by atoms with van der Waals surface area (Å²) in [5.41, 5.74) is 5.75. The van der Waals surface area contributed by atoms with Crippen LogP contribution in [0, 0.1) is 5.92 Å². The van der Waals surface area contributed by atoms with Crippen molar-refractivity contribution in [3.63, 3.8) is 0 Å². The van der Waals surface area contributed by atoms with Crippen LogP contribution >= 0.6 is 12.4 Å². The second-order valence-corrected chi connectivity index (χ2v) is 4.83. The van der Waals surface area contributed by atoms with Gasteiger partial charge in [-0.2, -0.15) is 0 Å². The van der Waals surface area contributed by atoms with Crippen molar-refractivity contribution in [2.45, 2.75) is 18.9 Å². The lowest BCUT2D eigenvalue weighted by Crippen LogP contribution is -2.44. The van der Waals surface area contributed by atoms with Crippen LogP contribution in [0.4, 0.5) is 4.79 Å². The summed E-state index contributed by atoms with van der Waals surface area (Å²) >= 11 is 0. The van der Waals surface area contributed by atoms with Crippen molar-refractivity contribution in [3.8, 4) is 0 Å². The standard InChI is InChI=1S/C11H20N4O2.ClH/c1-14(9(6-12)8-2-3-8)4-5-15-10(16)7-13-11(15)17;/h8-9H,2-7,12H2,1H3,(H,13,17);1H. The van der Waals surface area contributed by atoms with E-state index in [0.29, 0.717) is 31.6 Å². The zero-order valence-electron chi connectivity index (χ0n) is 10.6. The molecule has 0 bridgehead atoms. The number of urea groups is 1. The van der Waals surface area contributed by atoms with E-state index in [1.54, 1.807) is 0 Å². The third-order valence-corrected chi connectivity index (χ3v) is 3.59. The SMILES string of the molecule is CN(CCN1C(=O)CNC1=O)C(CN)C1CC1.Cl. The van der Waals surface area contributed by atoms with Gasteiger partial charge in [-0.1, -0.05) is 0 Å². The molecule has 6 nitrogen and oxygen atoms in total. The van der Waals surface area contributed by atoms with Crippen molar-refractivity contribution in [1.82, 2.24) is 15.1 Å². The number of hydrogen-bond donors (Lipinski definition) is 2. The summed E-state index contributed by atoms with van der Waals surface area (Å²) in [6.45, 7) is 1.91. The lowest BCUT2D eigenvalue weighted by atomic mass is 10.1. The first-order chi connectivity index (χ1) is 8.13. The highest BCUT2D eigenvalue weighted by atomic mass is 35.5. The summed E-state index contributed by atoms with van der Waals surface area (Å²) in [5, 5.41) is 2.52. The van der Waals surface area contributed by atoms with Crippen molar-refractivity contribution >= 4 is 24.3 Å². The number of hydrogen-bond acceptors (Lipinski definition) is 4. The maximum Gasteiger partial charge on any atom is 0.324 e. The van der Waals surface area contributed by atoms with E-state index in [1.807, 2.05) is 7.05 Å². The van der Waals surface area contributed by atoms with Crippen LogP contribution in [0.1, 0.15) is 12.8 Å². The molecule has 3 amide bonds. The quantitative estimate of drug-likeness (QED) is 0.649. The van der Waals surface area contributed by atoms with Crippen molar-refractivity contribution in [1.29, 1.82) is 0 Å². The number of carbonyl (C=O) groups is 2. The van der Waals surface area contributed by atoms with Crippen LogP contribution in [0.5, 0.6) is 0 Å². The number of amides is 3. The van der Waals surface area contributed by atoms with Gasteiger partial charge in [0.25, 0.3) is 0 Å². The van der Waals surface area contributed by atoms with E-state index in [0.717, 1.165) is 0 Å². The van der Waals surface area contributed by atoms with E-state index in [9.17, 15) is 9.59 Å². The maximum atomic E-state index is 11.4. The fourth-order valence-electron chi connectivity index (χ4n) is 2.32.